The van der Waals surface area contributed by atoms with Crippen LogP contribution in [0.2, 0.25) is 0 Å². The first-order valence-corrected chi connectivity index (χ1v) is 11.6. The zero-order valence-corrected chi connectivity index (χ0v) is 17.4. The van der Waals surface area contributed by atoms with Crippen LogP contribution in [0, 0.1) is 0 Å². The van der Waals surface area contributed by atoms with E-state index in [-0.39, 0.29) is 41.9 Å². The van der Waals surface area contributed by atoms with Gasteiger partial charge in [0.2, 0.25) is 21.8 Å². The summed E-state index contributed by atoms with van der Waals surface area (Å²) in [6.07, 6.45) is 3.25. The molecular weight excluding hydrogens is 410 g/mol. The van der Waals surface area contributed by atoms with Gasteiger partial charge in [-0.15, -0.1) is 0 Å². The number of aromatic nitrogens is 1. The van der Waals surface area contributed by atoms with Crippen molar-refractivity contribution < 1.29 is 22.8 Å². The fourth-order valence-corrected chi connectivity index (χ4v) is 6.03. The molecule has 1 N–H and O–H groups in total. The van der Waals surface area contributed by atoms with Crippen LogP contribution in [0.4, 0.5) is 0 Å². The molecule has 3 fully saturated rings. The Morgan fingerprint density at radius 3 is 2.57 bits per heavy atom. The zero-order valence-electron chi connectivity index (χ0n) is 16.6. The molecule has 10 nitrogen and oxygen atoms in total. The van der Waals surface area contributed by atoms with Crippen molar-refractivity contribution in [2.75, 3.05) is 39.3 Å². The van der Waals surface area contributed by atoms with Gasteiger partial charge in [0.25, 0.3) is 0 Å². The Balaban J connectivity index is 1.41. The predicted octanol–water partition coefficient (Wildman–Crippen LogP) is -1.16. The summed E-state index contributed by atoms with van der Waals surface area (Å²) >= 11 is 0. The first-order chi connectivity index (χ1) is 14.4. The molecule has 0 spiro atoms. The van der Waals surface area contributed by atoms with Gasteiger partial charge >= 0.3 is 0 Å². The van der Waals surface area contributed by atoms with Gasteiger partial charge in [-0.1, -0.05) is 0 Å². The number of ketones is 1. The summed E-state index contributed by atoms with van der Waals surface area (Å²) in [4.78, 5) is 44.8. The molecule has 11 heteroatoms. The Bertz CT molecular complexity index is 932. The fourth-order valence-electron chi connectivity index (χ4n) is 4.44. The van der Waals surface area contributed by atoms with E-state index in [9.17, 15) is 22.8 Å². The molecule has 3 aliphatic heterocycles. The maximum absolute atomic E-state index is 13.0. The van der Waals surface area contributed by atoms with Gasteiger partial charge in [-0.05, 0) is 18.6 Å². The van der Waals surface area contributed by atoms with Crippen LogP contribution >= 0.6 is 0 Å². The van der Waals surface area contributed by atoms with Gasteiger partial charge in [-0.2, -0.15) is 4.31 Å². The van der Waals surface area contributed by atoms with E-state index in [1.807, 2.05) is 0 Å². The molecule has 1 aromatic heterocycles. The number of piperazine rings is 1. The van der Waals surface area contributed by atoms with E-state index < -0.39 is 22.1 Å². The van der Waals surface area contributed by atoms with Crippen LogP contribution in [0.5, 0.6) is 0 Å². The highest BCUT2D eigenvalue weighted by molar-refractivity contribution is 7.89. The van der Waals surface area contributed by atoms with Crippen LogP contribution in [0.3, 0.4) is 0 Å². The van der Waals surface area contributed by atoms with Crippen LogP contribution in [-0.4, -0.2) is 96.5 Å². The molecular formula is C19H25N5O5S. The van der Waals surface area contributed by atoms with Gasteiger partial charge in [-0.3, -0.25) is 19.4 Å². The van der Waals surface area contributed by atoms with Crippen molar-refractivity contribution in [3.8, 4) is 0 Å². The number of hydrogen-bond acceptors (Lipinski definition) is 7. The maximum atomic E-state index is 13.0. The van der Waals surface area contributed by atoms with Crippen molar-refractivity contribution in [2.45, 2.75) is 36.2 Å². The summed E-state index contributed by atoms with van der Waals surface area (Å²) in [5.74, 6) is -0.633. The number of carbonyl (C=O) groups excluding carboxylic acids is 3. The summed E-state index contributed by atoms with van der Waals surface area (Å²) in [7, 11) is -3.87. The minimum Gasteiger partial charge on any atom is -0.340 e. The Morgan fingerprint density at radius 2 is 1.87 bits per heavy atom. The quantitative estimate of drug-likeness (QED) is 0.619. The van der Waals surface area contributed by atoms with Crippen molar-refractivity contribution in [2.24, 2.45) is 0 Å². The monoisotopic (exact) mass is 435 g/mol. The molecule has 2 amide bonds. The summed E-state index contributed by atoms with van der Waals surface area (Å²) < 4.78 is 27.1. The number of sulfonamides is 1. The van der Waals surface area contributed by atoms with Crippen molar-refractivity contribution in [1.82, 2.24) is 24.4 Å². The number of carbonyl (C=O) groups is 3. The molecule has 0 saturated carbocycles. The highest BCUT2D eigenvalue weighted by atomic mass is 32.2. The number of hydrogen-bond donors (Lipinski definition) is 1. The molecule has 3 saturated heterocycles. The maximum Gasteiger partial charge on any atom is 0.245 e. The number of nitrogens with zero attached hydrogens (tertiary/aromatic N) is 4. The van der Waals surface area contributed by atoms with Crippen LogP contribution in [0.15, 0.2) is 29.4 Å². The number of nitrogens with one attached hydrogen (secondary N) is 1. The Hall–Kier alpha value is -2.37. The highest BCUT2D eigenvalue weighted by Crippen LogP contribution is 2.34. The molecule has 0 aromatic carbocycles. The van der Waals surface area contributed by atoms with E-state index in [2.05, 4.69) is 10.3 Å². The third kappa shape index (κ3) is 3.84. The summed E-state index contributed by atoms with van der Waals surface area (Å²) in [6.45, 7) is 2.79. The lowest BCUT2D eigenvalue weighted by Crippen LogP contribution is -2.47. The van der Waals surface area contributed by atoms with E-state index in [0.717, 1.165) is 13.1 Å². The molecule has 3 aliphatic rings. The van der Waals surface area contributed by atoms with Gasteiger partial charge in [0, 0.05) is 58.0 Å². The van der Waals surface area contributed by atoms with Crippen molar-refractivity contribution in [3.05, 3.63) is 24.5 Å². The van der Waals surface area contributed by atoms with E-state index in [1.54, 1.807) is 4.90 Å². The first-order valence-electron chi connectivity index (χ1n) is 10.1. The largest absolute Gasteiger partial charge is 0.340 e. The summed E-state index contributed by atoms with van der Waals surface area (Å²) in [5, 5.41) is 3.17. The first kappa shape index (κ1) is 20.9. The number of fused-ring (bicyclic) bond motifs is 1. The standard InChI is InChI=1S/C19H25N5O5S/c25-16-13-24(30(28,29)14-2-1-6-21-12-14)15-5-9-23(19(15)16)18(27)4-3-17(26)22-10-7-20-8-11-22/h1-2,6,12,15,19-20H,3-5,7-11,13H2. The Morgan fingerprint density at radius 1 is 1.13 bits per heavy atom. The van der Waals surface area contributed by atoms with Gasteiger partial charge in [0.15, 0.2) is 5.78 Å². The van der Waals surface area contributed by atoms with E-state index in [0.29, 0.717) is 26.1 Å². The molecule has 1 aromatic rings. The normalized spacial score (nSPS) is 24.9. The molecule has 4 rings (SSSR count). The lowest BCUT2D eigenvalue weighted by molar-refractivity contribution is -0.139. The average Bonchev–Trinajstić information content (AvgIpc) is 3.34. The second-order valence-corrected chi connectivity index (χ2v) is 9.61. The highest BCUT2D eigenvalue weighted by Gasteiger charge is 2.53. The summed E-state index contributed by atoms with van der Waals surface area (Å²) in [5.41, 5.74) is 0. The number of Topliss-reactive ketones (excluding diaryl/α,β-unsaturated/α-hetero) is 1. The summed E-state index contributed by atoms with van der Waals surface area (Å²) in [6, 6.07) is 1.62. The molecule has 2 unspecified atom stereocenters. The number of rotatable bonds is 5. The molecule has 30 heavy (non-hydrogen) atoms. The molecule has 4 heterocycles. The van der Waals surface area contributed by atoms with Crippen LogP contribution < -0.4 is 5.32 Å². The van der Waals surface area contributed by atoms with Crippen LogP contribution in [0.1, 0.15) is 19.3 Å². The molecule has 2 atom stereocenters. The third-order valence-corrected chi connectivity index (χ3v) is 7.82. The van der Waals surface area contributed by atoms with Crippen LogP contribution in [0.25, 0.3) is 0 Å². The third-order valence-electron chi connectivity index (χ3n) is 5.96. The zero-order chi connectivity index (χ0) is 21.3. The minimum absolute atomic E-state index is 0.0224. The predicted molar refractivity (Wildman–Crippen MR) is 106 cm³/mol. The average molecular weight is 436 g/mol. The Labute approximate surface area is 175 Å². The second kappa shape index (κ2) is 8.40. The fraction of sp³-hybridized carbons (Fsp3) is 0.579. The van der Waals surface area contributed by atoms with Gasteiger partial charge in [0.1, 0.15) is 10.9 Å². The number of likely N-dealkylation sites (tertiary alicyclic amines) is 1. The lowest BCUT2D eigenvalue weighted by atomic mass is 10.1. The Kier molecular flexibility index (Phi) is 5.85. The number of amides is 2. The number of pyridine rings is 1. The SMILES string of the molecule is O=C1CN(S(=O)(=O)c2cccnc2)C2CCN(C(=O)CCC(=O)N3CCNCC3)C12. The van der Waals surface area contributed by atoms with Crippen LogP contribution in [-0.2, 0) is 24.4 Å². The van der Waals surface area contributed by atoms with Crippen molar-refractivity contribution in [1.29, 1.82) is 0 Å². The van der Waals surface area contributed by atoms with Crippen molar-refractivity contribution >= 4 is 27.6 Å². The van der Waals surface area contributed by atoms with Gasteiger partial charge in [0.05, 0.1) is 12.6 Å². The van der Waals surface area contributed by atoms with E-state index in [1.165, 1.54) is 33.7 Å². The van der Waals surface area contributed by atoms with E-state index >= 15 is 0 Å². The van der Waals surface area contributed by atoms with Gasteiger partial charge < -0.3 is 15.1 Å². The van der Waals surface area contributed by atoms with E-state index in [4.69, 9.17) is 0 Å². The minimum atomic E-state index is -3.87. The smallest absolute Gasteiger partial charge is 0.245 e. The molecule has 162 valence electrons. The molecule has 0 radical (unpaired) electrons. The lowest BCUT2D eigenvalue weighted by Gasteiger charge is -2.28. The molecule has 0 aliphatic carbocycles. The molecule has 0 bridgehead atoms. The second-order valence-electron chi connectivity index (χ2n) is 7.72. The van der Waals surface area contributed by atoms with Gasteiger partial charge in [-0.25, -0.2) is 8.42 Å². The topological polar surface area (TPSA) is 120 Å². The van der Waals surface area contributed by atoms with Crippen molar-refractivity contribution in [3.63, 3.8) is 0 Å².